The molecule has 3 heterocycles. The maximum atomic E-state index is 13.1. The third-order valence-corrected chi connectivity index (χ3v) is 5.75. The molecule has 4 rings (SSSR count). The van der Waals surface area contributed by atoms with Crippen LogP contribution in [0.5, 0.6) is 11.5 Å². The molecule has 0 aliphatic carbocycles. The lowest BCUT2D eigenvalue weighted by Gasteiger charge is -2.33. The molecule has 168 valence electrons. The third kappa shape index (κ3) is 4.08. The van der Waals surface area contributed by atoms with Gasteiger partial charge in [-0.1, -0.05) is 0 Å². The molecule has 1 unspecified atom stereocenters. The third-order valence-electron chi connectivity index (χ3n) is 5.75. The standard InChI is InChI=1S/C22H25N5O5/c1-12-6-4-5-9-27(12)22-25-19-18(21(30)26-22)14(11-17(28)24-19)20(29)23-15-10-13(31-2)7-8-16(15)32-3/h7-8,10,12H,4-6,9,11H2,1-3H3,(H,23,29)(H,24,25,26,28,30). The molecule has 1 atom stereocenters. The van der Waals surface area contributed by atoms with Crippen LogP contribution < -0.4 is 36.0 Å². The van der Waals surface area contributed by atoms with Crippen LogP contribution in [0.25, 0.3) is 5.57 Å². The zero-order valence-corrected chi connectivity index (χ0v) is 18.2. The molecule has 2 aromatic rings. The molecule has 32 heavy (non-hydrogen) atoms. The Morgan fingerprint density at radius 3 is 2.75 bits per heavy atom. The normalized spacial score (nSPS) is 18.0. The van der Waals surface area contributed by atoms with Gasteiger partial charge in [0.2, 0.25) is 5.95 Å². The molecule has 0 saturated carbocycles. The first-order valence-corrected chi connectivity index (χ1v) is 10.5. The average molecular weight is 439 g/mol. The average Bonchev–Trinajstić information content (AvgIpc) is 2.78. The van der Waals surface area contributed by atoms with Crippen molar-refractivity contribution in [1.29, 1.82) is 0 Å². The fourth-order valence-corrected chi connectivity index (χ4v) is 4.05. The summed E-state index contributed by atoms with van der Waals surface area (Å²) >= 11 is 0. The number of aromatic nitrogens is 2. The largest absolute Gasteiger partial charge is 0.497 e. The number of amides is 2. The Morgan fingerprint density at radius 1 is 1.22 bits per heavy atom. The number of hydrogen-bond donors (Lipinski definition) is 2. The summed E-state index contributed by atoms with van der Waals surface area (Å²) in [5, 5.41) is 2.73. The highest BCUT2D eigenvalue weighted by atomic mass is 16.5. The van der Waals surface area contributed by atoms with Gasteiger partial charge < -0.3 is 19.7 Å². The van der Waals surface area contributed by atoms with E-state index in [4.69, 9.17) is 9.47 Å². The summed E-state index contributed by atoms with van der Waals surface area (Å²) in [6.07, 6.45) is 2.79. The van der Waals surface area contributed by atoms with Gasteiger partial charge in [0.15, 0.2) is 5.49 Å². The van der Waals surface area contributed by atoms with Gasteiger partial charge in [-0.15, -0.1) is 0 Å². The zero-order valence-electron chi connectivity index (χ0n) is 18.2. The number of hydrogen-bond acceptors (Lipinski definition) is 7. The summed E-state index contributed by atoms with van der Waals surface area (Å²) < 4.78 is 10.5. The van der Waals surface area contributed by atoms with Crippen LogP contribution in [0.15, 0.2) is 28.0 Å². The van der Waals surface area contributed by atoms with E-state index >= 15 is 0 Å². The second-order valence-electron chi connectivity index (χ2n) is 7.81. The molecule has 10 heteroatoms. The van der Waals surface area contributed by atoms with Gasteiger partial charge in [0, 0.05) is 24.2 Å². The van der Waals surface area contributed by atoms with E-state index in [1.54, 1.807) is 18.2 Å². The first-order chi connectivity index (χ1) is 15.4. The van der Waals surface area contributed by atoms with Crippen LogP contribution in [0.2, 0.25) is 0 Å². The number of rotatable bonds is 5. The summed E-state index contributed by atoms with van der Waals surface area (Å²) in [6.45, 7) is 2.82. The molecule has 0 spiro atoms. The summed E-state index contributed by atoms with van der Waals surface area (Å²) in [5.41, 5.74) is -0.164. The van der Waals surface area contributed by atoms with Crippen molar-refractivity contribution in [3.8, 4) is 11.5 Å². The van der Waals surface area contributed by atoms with E-state index in [1.165, 1.54) is 14.2 Å². The van der Waals surface area contributed by atoms with Gasteiger partial charge in [0.25, 0.3) is 17.4 Å². The molecule has 0 bridgehead atoms. The van der Waals surface area contributed by atoms with E-state index in [1.807, 2.05) is 4.90 Å². The van der Waals surface area contributed by atoms with Crippen LogP contribution >= 0.6 is 0 Å². The maximum Gasteiger partial charge on any atom is 0.262 e. The molecule has 2 N–H and O–H groups in total. The zero-order chi connectivity index (χ0) is 22.8. The number of carbonyl (C=O) groups is 2. The molecule has 10 nitrogen and oxygen atoms in total. The Labute approximate surface area is 184 Å². The van der Waals surface area contributed by atoms with E-state index in [0.717, 1.165) is 25.8 Å². The number of nitrogens with one attached hydrogen (secondary N) is 2. The van der Waals surface area contributed by atoms with Gasteiger partial charge in [-0.05, 0) is 38.3 Å². The van der Waals surface area contributed by atoms with Crippen molar-refractivity contribution >= 4 is 29.0 Å². The minimum atomic E-state index is -0.604. The van der Waals surface area contributed by atoms with Gasteiger partial charge in [-0.25, -0.2) is 0 Å². The number of ether oxygens (including phenoxy) is 2. The van der Waals surface area contributed by atoms with Gasteiger partial charge in [-0.2, -0.15) is 9.98 Å². The van der Waals surface area contributed by atoms with Gasteiger partial charge in [0.05, 0.1) is 31.5 Å². The Morgan fingerprint density at radius 2 is 2.03 bits per heavy atom. The minimum Gasteiger partial charge on any atom is -0.497 e. The highest BCUT2D eigenvalue weighted by Gasteiger charge is 2.25. The number of fused-ring (bicyclic) bond motifs is 1. The summed E-state index contributed by atoms with van der Waals surface area (Å²) in [7, 11) is 2.98. The number of aromatic amines is 1. The lowest BCUT2D eigenvalue weighted by atomic mass is 10.0. The van der Waals surface area contributed by atoms with E-state index in [0.29, 0.717) is 23.1 Å². The Balaban J connectivity index is 1.78. The molecular weight excluding hydrogens is 414 g/mol. The van der Waals surface area contributed by atoms with Crippen LogP contribution in [0.3, 0.4) is 0 Å². The maximum absolute atomic E-state index is 13.1. The highest BCUT2D eigenvalue weighted by Crippen LogP contribution is 2.29. The first kappa shape index (κ1) is 21.5. The summed E-state index contributed by atoms with van der Waals surface area (Å²) in [4.78, 5) is 51.6. The lowest BCUT2D eigenvalue weighted by molar-refractivity contribution is -0.118. The van der Waals surface area contributed by atoms with Crippen molar-refractivity contribution in [1.82, 2.24) is 9.97 Å². The molecule has 2 aliphatic rings. The number of methoxy groups -OCH3 is 2. The second-order valence-corrected chi connectivity index (χ2v) is 7.81. The Hall–Kier alpha value is -3.69. The van der Waals surface area contributed by atoms with E-state index in [9.17, 15) is 14.4 Å². The van der Waals surface area contributed by atoms with Crippen LogP contribution in [0.1, 0.15) is 32.6 Å². The van der Waals surface area contributed by atoms with Crippen LogP contribution in [-0.2, 0) is 9.59 Å². The molecular formula is C22H25N5O5. The molecule has 1 aromatic carbocycles. The molecule has 2 amide bonds. The van der Waals surface area contributed by atoms with E-state index in [2.05, 4.69) is 27.2 Å². The number of anilines is 2. The first-order valence-electron chi connectivity index (χ1n) is 10.5. The van der Waals surface area contributed by atoms with Crippen molar-refractivity contribution in [2.45, 2.75) is 38.6 Å². The van der Waals surface area contributed by atoms with Crippen molar-refractivity contribution in [3.05, 3.63) is 39.3 Å². The number of benzene rings is 1. The SMILES string of the molecule is COc1ccc(OC)c(NC(=O)C2=c3c(nc(N4CCCCC4C)[nH]c3=O)=NC(=O)C2)c1. The Bertz CT molecular complexity index is 1250. The molecule has 1 fully saturated rings. The van der Waals surface area contributed by atoms with E-state index < -0.39 is 17.4 Å². The predicted octanol–water partition coefficient (Wildman–Crippen LogP) is 0.505. The molecule has 0 radical (unpaired) electrons. The van der Waals surface area contributed by atoms with Crippen molar-refractivity contribution in [2.24, 2.45) is 4.99 Å². The van der Waals surface area contributed by atoms with Crippen LogP contribution in [0, 0.1) is 0 Å². The van der Waals surface area contributed by atoms with Crippen LogP contribution in [0.4, 0.5) is 11.6 Å². The predicted molar refractivity (Wildman–Crippen MR) is 118 cm³/mol. The summed E-state index contributed by atoms with van der Waals surface area (Å²) in [6, 6.07) is 5.14. The van der Waals surface area contributed by atoms with Crippen LogP contribution in [-0.4, -0.2) is 48.6 Å². The number of nitrogens with zero attached hydrogens (tertiary/aromatic N) is 3. The molecule has 2 aliphatic heterocycles. The minimum absolute atomic E-state index is 0.0110. The summed E-state index contributed by atoms with van der Waals surface area (Å²) in [5.74, 6) is 0.159. The van der Waals surface area contributed by atoms with E-state index in [-0.39, 0.29) is 28.7 Å². The fraction of sp³-hybridized carbons (Fsp3) is 0.409. The van der Waals surface area contributed by atoms with Gasteiger partial charge in [0.1, 0.15) is 11.5 Å². The molecule has 1 saturated heterocycles. The second kappa shape index (κ2) is 8.81. The lowest BCUT2D eigenvalue weighted by Crippen LogP contribution is -2.51. The number of piperidine rings is 1. The quantitative estimate of drug-likeness (QED) is 0.695. The van der Waals surface area contributed by atoms with Gasteiger partial charge >= 0.3 is 0 Å². The van der Waals surface area contributed by atoms with Crippen molar-refractivity contribution in [2.75, 3.05) is 31.0 Å². The molecule has 1 aromatic heterocycles. The Kier molecular flexibility index (Phi) is 5.93. The number of H-pyrrole nitrogens is 1. The van der Waals surface area contributed by atoms with Crippen molar-refractivity contribution < 1.29 is 19.1 Å². The number of carbonyl (C=O) groups excluding carboxylic acids is 2. The smallest absolute Gasteiger partial charge is 0.262 e. The van der Waals surface area contributed by atoms with Gasteiger partial charge in [-0.3, -0.25) is 19.4 Å². The highest BCUT2D eigenvalue weighted by molar-refractivity contribution is 6.23. The van der Waals surface area contributed by atoms with Crippen molar-refractivity contribution in [3.63, 3.8) is 0 Å². The fourth-order valence-electron chi connectivity index (χ4n) is 4.05. The monoisotopic (exact) mass is 439 g/mol. The topological polar surface area (TPSA) is 126 Å².